The molecule has 124 valence electrons. The second-order valence-electron chi connectivity index (χ2n) is 7.51. The first-order valence-electron chi connectivity index (χ1n) is 8.42. The van der Waals surface area contributed by atoms with E-state index in [1.54, 1.807) is 24.3 Å². The lowest BCUT2D eigenvalue weighted by atomic mass is 9.86. The number of carbonyl (C=O) groups excluding carboxylic acids is 2. The molecular formula is C20H26O3. The number of hydrogen-bond acceptors (Lipinski definition) is 3. The predicted molar refractivity (Wildman–Crippen MR) is 92.5 cm³/mol. The van der Waals surface area contributed by atoms with Crippen LogP contribution in [0.5, 0.6) is 0 Å². The van der Waals surface area contributed by atoms with E-state index in [1.807, 2.05) is 0 Å². The number of rotatable bonds is 6. The van der Waals surface area contributed by atoms with E-state index >= 15 is 0 Å². The third kappa shape index (κ3) is 4.31. The van der Waals surface area contributed by atoms with Crippen molar-refractivity contribution in [1.29, 1.82) is 0 Å². The van der Waals surface area contributed by atoms with E-state index in [4.69, 9.17) is 0 Å². The Morgan fingerprint density at radius 3 is 2.13 bits per heavy atom. The Morgan fingerprint density at radius 1 is 0.870 bits per heavy atom. The lowest BCUT2D eigenvalue weighted by molar-refractivity contribution is -0.112. The molecule has 23 heavy (non-hydrogen) atoms. The third-order valence-electron chi connectivity index (χ3n) is 4.30. The van der Waals surface area contributed by atoms with Crippen molar-refractivity contribution in [3.8, 4) is 0 Å². The quantitative estimate of drug-likeness (QED) is 0.586. The average molecular weight is 314 g/mol. The maximum atomic E-state index is 12.2. The van der Waals surface area contributed by atoms with Crippen molar-refractivity contribution in [3.63, 3.8) is 0 Å². The van der Waals surface area contributed by atoms with Gasteiger partial charge in [0.25, 0.3) is 0 Å². The molecule has 0 amide bonds. The van der Waals surface area contributed by atoms with Crippen LogP contribution in [0.3, 0.4) is 0 Å². The van der Waals surface area contributed by atoms with Crippen molar-refractivity contribution in [2.45, 2.75) is 59.3 Å². The summed E-state index contributed by atoms with van der Waals surface area (Å²) < 4.78 is 0. The molecule has 0 radical (unpaired) electrons. The van der Waals surface area contributed by atoms with Crippen LogP contribution in [-0.2, 0) is 4.79 Å². The van der Waals surface area contributed by atoms with Crippen molar-refractivity contribution >= 4 is 17.3 Å². The van der Waals surface area contributed by atoms with Gasteiger partial charge in [0.2, 0.25) is 11.6 Å². The van der Waals surface area contributed by atoms with Gasteiger partial charge in [0, 0.05) is 16.7 Å². The van der Waals surface area contributed by atoms with Crippen LogP contribution in [0.1, 0.15) is 75.2 Å². The fourth-order valence-corrected chi connectivity index (χ4v) is 2.96. The second-order valence-corrected chi connectivity index (χ2v) is 7.51. The fraction of sp³-hybridized carbons (Fsp3) is 0.500. The molecule has 0 atom stereocenters. The first-order valence-corrected chi connectivity index (χ1v) is 8.42. The average Bonchev–Trinajstić information content (AvgIpc) is 2.50. The second kappa shape index (κ2) is 7.12. The molecule has 0 spiro atoms. The van der Waals surface area contributed by atoms with Crippen molar-refractivity contribution in [2.75, 3.05) is 0 Å². The number of aliphatic hydroxyl groups excluding tert-OH is 1. The summed E-state index contributed by atoms with van der Waals surface area (Å²) in [6.45, 7) is 6.71. The van der Waals surface area contributed by atoms with Crippen molar-refractivity contribution in [2.24, 2.45) is 5.41 Å². The molecule has 0 heterocycles. The molecule has 1 aliphatic carbocycles. The molecule has 1 N–H and O–H groups in total. The number of ketones is 2. The van der Waals surface area contributed by atoms with Gasteiger partial charge in [0.1, 0.15) is 5.76 Å². The molecule has 0 aliphatic heterocycles. The number of fused-ring (bicyclic) bond motifs is 1. The maximum absolute atomic E-state index is 12.2. The molecule has 0 fully saturated rings. The summed E-state index contributed by atoms with van der Waals surface area (Å²) in [7, 11) is 0. The van der Waals surface area contributed by atoms with Gasteiger partial charge in [0.05, 0.1) is 0 Å². The minimum Gasteiger partial charge on any atom is -0.507 e. The van der Waals surface area contributed by atoms with Crippen molar-refractivity contribution < 1.29 is 14.7 Å². The normalized spacial score (nSPS) is 15.1. The Kier molecular flexibility index (Phi) is 5.40. The van der Waals surface area contributed by atoms with Crippen LogP contribution in [-0.4, -0.2) is 16.7 Å². The summed E-state index contributed by atoms with van der Waals surface area (Å²) in [6, 6.07) is 6.76. The number of unbranched alkanes of at least 4 members (excludes halogenated alkanes) is 3. The van der Waals surface area contributed by atoms with Gasteiger partial charge in [-0.25, -0.2) is 0 Å². The molecule has 1 aromatic rings. The minimum absolute atomic E-state index is 0.0140. The number of carbonyl (C=O) groups is 2. The van der Waals surface area contributed by atoms with Gasteiger partial charge in [-0.05, 0) is 24.7 Å². The van der Waals surface area contributed by atoms with E-state index in [0.717, 1.165) is 19.3 Å². The molecular weight excluding hydrogens is 288 g/mol. The first-order chi connectivity index (χ1) is 10.8. The van der Waals surface area contributed by atoms with Crippen LogP contribution in [0.2, 0.25) is 0 Å². The van der Waals surface area contributed by atoms with E-state index in [1.165, 1.54) is 12.8 Å². The van der Waals surface area contributed by atoms with Crippen LogP contribution in [0.15, 0.2) is 29.8 Å². The van der Waals surface area contributed by atoms with Gasteiger partial charge in [-0.2, -0.15) is 0 Å². The first kappa shape index (κ1) is 17.5. The lowest BCUT2D eigenvalue weighted by Gasteiger charge is -2.18. The molecule has 3 nitrogen and oxygen atoms in total. The monoisotopic (exact) mass is 314 g/mol. The number of hydrogen-bond donors (Lipinski definition) is 1. The largest absolute Gasteiger partial charge is 0.507 e. The Balaban J connectivity index is 1.95. The Labute approximate surface area is 138 Å². The zero-order chi connectivity index (χ0) is 17.0. The molecule has 2 rings (SSSR count). The minimum atomic E-state index is -0.545. The standard InChI is InChI=1S/C20H26O3/c1-20(2,3)13-9-5-4-6-12-16-17(21)14-10-7-8-11-15(14)18(22)19(16)23/h7-8,10-11,21H,4-6,9,12-13H2,1-3H3. The summed E-state index contributed by atoms with van der Waals surface area (Å²) in [4.78, 5) is 24.3. The highest BCUT2D eigenvalue weighted by Crippen LogP contribution is 2.30. The van der Waals surface area contributed by atoms with E-state index in [2.05, 4.69) is 20.8 Å². The summed E-state index contributed by atoms with van der Waals surface area (Å²) in [6.07, 6.45) is 5.78. The molecule has 0 aromatic heterocycles. The zero-order valence-electron chi connectivity index (χ0n) is 14.3. The molecule has 0 saturated heterocycles. The highest BCUT2D eigenvalue weighted by atomic mass is 16.3. The van der Waals surface area contributed by atoms with Crippen LogP contribution in [0, 0.1) is 5.41 Å². The summed E-state index contributed by atoms with van der Waals surface area (Å²) >= 11 is 0. The van der Waals surface area contributed by atoms with E-state index < -0.39 is 11.6 Å². The fourth-order valence-electron chi connectivity index (χ4n) is 2.96. The molecule has 0 bridgehead atoms. The molecule has 1 aromatic carbocycles. The molecule has 3 heteroatoms. The van der Waals surface area contributed by atoms with Crippen LogP contribution < -0.4 is 0 Å². The highest BCUT2D eigenvalue weighted by Gasteiger charge is 2.31. The van der Waals surface area contributed by atoms with Crippen LogP contribution in [0.4, 0.5) is 0 Å². The zero-order valence-corrected chi connectivity index (χ0v) is 14.3. The van der Waals surface area contributed by atoms with Gasteiger partial charge < -0.3 is 5.11 Å². The van der Waals surface area contributed by atoms with Gasteiger partial charge in [0.15, 0.2) is 0 Å². The smallest absolute Gasteiger partial charge is 0.234 e. The number of Topliss-reactive ketones (excluding diaryl/α,β-unsaturated/α-hetero) is 2. The summed E-state index contributed by atoms with van der Waals surface area (Å²) in [5.74, 6) is -1.06. The third-order valence-corrected chi connectivity index (χ3v) is 4.30. The topological polar surface area (TPSA) is 54.4 Å². The SMILES string of the molecule is CC(C)(C)CCCCCCC1=C(O)c2ccccc2C(=O)C1=O. The van der Waals surface area contributed by atoms with Crippen molar-refractivity contribution in [1.82, 2.24) is 0 Å². The number of aliphatic hydroxyl groups is 1. The van der Waals surface area contributed by atoms with Gasteiger partial charge in [-0.1, -0.05) is 64.3 Å². The number of benzene rings is 1. The Bertz CT molecular complexity index is 633. The predicted octanol–water partition coefficient (Wildman–Crippen LogP) is 5.11. The van der Waals surface area contributed by atoms with Gasteiger partial charge in [-0.3, -0.25) is 9.59 Å². The van der Waals surface area contributed by atoms with Gasteiger partial charge >= 0.3 is 0 Å². The molecule has 0 saturated carbocycles. The van der Waals surface area contributed by atoms with Crippen LogP contribution in [0.25, 0.3) is 5.76 Å². The summed E-state index contributed by atoms with van der Waals surface area (Å²) in [5.41, 5.74) is 1.43. The Morgan fingerprint density at radius 2 is 1.48 bits per heavy atom. The summed E-state index contributed by atoms with van der Waals surface area (Å²) in [5, 5.41) is 10.3. The lowest BCUT2D eigenvalue weighted by Crippen LogP contribution is -2.24. The van der Waals surface area contributed by atoms with Gasteiger partial charge in [-0.15, -0.1) is 0 Å². The van der Waals surface area contributed by atoms with Crippen molar-refractivity contribution in [3.05, 3.63) is 41.0 Å². The van der Waals surface area contributed by atoms with Crippen LogP contribution >= 0.6 is 0 Å². The highest BCUT2D eigenvalue weighted by molar-refractivity contribution is 6.52. The molecule has 1 aliphatic rings. The number of allylic oxidation sites excluding steroid dienone is 1. The van der Waals surface area contributed by atoms with E-state index in [-0.39, 0.29) is 11.3 Å². The Hall–Kier alpha value is -1.90. The molecule has 0 unspecified atom stereocenters. The van der Waals surface area contributed by atoms with E-state index in [9.17, 15) is 14.7 Å². The van der Waals surface area contributed by atoms with E-state index in [0.29, 0.717) is 23.0 Å². The maximum Gasteiger partial charge on any atom is 0.234 e.